The van der Waals surface area contributed by atoms with E-state index in [-0.39, 0.29) is 11.7 Å². The maximum absolute atomic E-state index is 11.6. The summed E-state index contributed by atoms with van der Waals surface area (Å²) in [5.74, 6) is -0.730. The van der Waals surface area contributed by atoms with Crippen molar-refractivity contribution in [3.63, 3.8) is 0 Å². The molecular weight excluding hydrogens is 180 g/mol. The van der Waals surface area contributed by atoms with E-state index in [4.69, 9.17) is 0 Å². The van der Waals surface area contributed by atoms with Gasteiger partial charge in [0.05, 0.1) is 5.41 Å². The number of carbonyl (C=O) groups is 2. The number of rotatable bonds is 1. The van der Waals surface area contributed by atoms with E-state index in [0.29, 0.717) is 19.3 Å². The highest BCUT2D eigenvalue weighted by Crippen LogP contribution is 2.49. The van der Waals surface area contributed by atoms with Crippen LogP contribution in [0, 0.1) is 11.3 Å². The highest BCUT2D eigenvalue weighted by atomic mass is 16.4. The Bertz CT molecular complexity index is 272. The number of carbonyl (C=O) groups excluding carboxylic acids is 1. The molecule has 2 fully saturated rings. The Morgan fingerprint density at radius 2 is 2.07 bits per heavy atom. The minimum Gasteiger partial charge on any atom is -0.481 e. The van der Waals surface area contributed by atoms with Gasteiger partial charge in [0.2, 0.25) is 0 Å². The second-order valence-electron chi connectivity index (χ2n) is 4.58. The summed E-state index contributed by atoms with van der Waals surface area (Å²) >= 11 is 0. The van der Waals surface area contributed by atoms with Crippen molar-refractivity contribution in [2.24, 2.45) is 11.3 Å². The number of hydrogen-bond donors (Lipinski definition) is 1. The SMILES string of the molecule is O=C1CCC2(C(=O)O)CCCCCC12. The molecule has 2 atom stereocenters. The van der Waals surface area contributed by atoms with Gasteiger partial charge in [-0.15, -0.1) is 0 Å². The lowest BCUT2D eigenvalue weighted by atomic mass is 9.74. The fourth-order valence-corrected chi connectivity index (χ4v) is 3.07. The third kappa shape index (κ3) is 1.26. The molecule has 0 spiro atoms. The maximum atomic E-state index is 11.6. The lowest BCUT2D eigenvalue weighted by Crippen LogP contribution is -2.35. The number of carboxylic acids is 1. The molecule has 78 valence electrons. The fourth-order valence-electron chi connectivity index (χ4n) is 3.07. The van der Waals surface area contributed by atoms with Crippen molar-refractivity contribution in [1.82, 2.24) is 0 Å². The van der Waals surface area contributed by atoms with E-state index in [1.54, 1.807) is 0 Å². The number of ketones is 1. The second-order valence-corrected chi connectivity index (χ2v) is 4.58. The summed E-state index contributed by atoms with van der Waals surface area (Å²) in [5.41, 5.74) is -0.687. The molecule has 0 aromatic carbocycles. The number of aliphatic carboxylic acids is 1. The van der Waals surface area contributed by atoms with Crippen molar-refractivity contribution in [2.75, 3.05) is 0 Å². The van der Waals surface area contributed by atoms with E-state index in [1.807, 2.05) is 0 Å². The lowest BCUT2D eigenvalue weighted by molar-refractivity contribution is -0.153. The van der Waals surface area contributed by atoms with Gasteiger partial charge in [-0.2, -0.15) is 0 Å². The zero-order valence-electron chi connectivity index (χ0n) is 8.29. The monoisotopic (exact) mass is 196 g/mol. The summed E-state index contributed by atoms with van der Waals surface area (Å²) in [6, 6.07) is 0. The van der Waals surface area contributed by atoms with Gasteiger partial charge in [0.1, 0.15) is 5.78 Å². The van der Waals surface area contributed by atoms with Gasteiger partial charge >= 0.3 is 5.97 Å². The van der Waals surface area contributed by atoms with Crippen LogP contribution in [0.5, 0.6) is 0 Å². The van der Waals surface area contributed by atoms with Crippen LogP contribution < -0.4 is 0 Å². The Balaban J connectivity index is 2.32. The highest BCUT2D eigenvalue weighted by molar-refractivity contribution is 5.92. The maximum Gasteiger partial charge on any atom is 0.310 e. The summed E-state index contributed by atoms with van der Waals surface area (Å²) in [7, 11) is 0. The van der Waals surface area contributed by atoms with Gasteiger partial charge < -0.3 is 5.11 Å². The van der Waals surface area contributed by atoms with Gasteiger partial charge in [-0.3, -0.25) is 9.59 Å². The van der Waals surface area contributed by atoms with Crippen LogP contribution in [0.4, 0.5) is 0 Å². The normalized spacial score (nSPS) is 37.7. The molecule has 2 rings (SSSR count). The van der Waals surface area contributed by atoms with Crippen molar-refractivity contribution in [2.45, 2.75) is 44.9 Å². The minimum atomic E-state index is -0.741. The van der Waals surface area contributed by atoms with Crippen molar-refractivity contribution in [1.29, 1.82) is 0 Å². The fraction of sp³-hybridized carbons (Fsp3) is 0.818. The molecule has 2 unspecified atom stereocenters. The molecule has 14 heavy (non-hydrogen) atoms. The van der Waals surface area contributed by atoms with E-state index in [9.17, 15) is 14.7 Å². The molecule has 0 amide bonds. The van der Waals surface area contributed by atoms with Crippen LogP contribution >= 0.6 is 0 Å². The van der Waals surface area contributed by atoms with E-state index < -0.39 is 11.4 Å². The molecule has 2 aliphatic carbocycles. The Morgan fingerprint density at radius 3 is 2.79 bits per heavy atom. The van der Waals surface area contributed by atoms with Gasteiger partial charge in [0.25, 0.3) is 0 Å². The number of fused-ring (bicyclic) bond motifs is 1. The van der Waals surface area contributed by atoms with E-state index >= 15 is 0 Å². The van der Waals surface area contributed by atoms with Crippen LogP contribution in [0.1, 0.15) is 44.9 Å². The molecular formula is C11H16O3. The number of carboxylic acid groups (broad SMARTS) is 1. The van der Waals surface area contributed by atoms with E-state index in [2.05, 4.69) is 0 Å². The van der Waals surface area contributed by atoms with Crippen molar-refractivity contribution < 1.29 is 14.7 Å². The second kappa shape index (κ2) is 3.37. The molecule has 0 aromatic rings. The average molecular weight is 196 g/mol. The first-order valence-electron chi connectivity index (χ1n) is 5.43. The Morgan fingerprint density at radius 1 is 1.29 bits per heavy atom. The molecule has 0 radical (unpaired) electrons. The lowest BCUT2D eigenvalue weighted by Gasteiger charge is -2.27. The Labute approximate surface area is 83.5 Å². The van der Waals surface area contributed by atoms with Gasteiger partial charge in [-0.1, -0.05) is 19.3 Å². The summed E-state index contributed by atoms with van der Waals surface area (Å²) in [5, 5.41) is 9.29. The number of Topliss-reactive ketones (excluding diaryl/α,β-unsaturated/α-hetero) is 1. The quantitative estimate of drug-likeness (QED) is 0.697. The predicted molar refractivity (Wildman–Crippen MR) is 50.9 cm³/mol. The topological polar surface area (TPSA) is 54.4 Å². The molecule has 0 aliphatic heterocycles. The van der Waals surface area contributed by atoms with E-state index in [1.165, 1.54) is 0 Å². The molecule has 1 N–H and O–H groups in total. The van der Waals surface area contributed by atoms with Crippen LogP contribution in [0.15, 0.2) is 0 Å². The standard InChI is InChI=1S/C11H16O3/c12-9-5-7-11(10(13)14)6-3-1-2-4-8(9)11/h8H,1-7H2,(H,13,14). The summed E-state index contributed by atoms with van der Waals surface area (Å²) in [4.78, 5) is 22.9. The number of hydrogen-bond acceptors (Lipinski definition) is 2. The van der Waals surface area contributed by atoms with Crippen LogP contribution in [0.25, 0.3) is 0 Å². The van der Waals surface area contributed by atoms with Crippen LogP contribution in [-0.2, 0) is 9.59 Å². The zero-order chi connectivity index (χ0) is 10.2. The molecule has 2 aliphatic rings. The summed E-state index contributed by atoms with van der Waals surface area (Å²) < 4.78 is 0. The average Bonchev–Trinajstić information content (AvgIpc) is 2.38. The van der Waals surface area contributed by atoms with Crippen molar-refractivity contribution >= 4 is 11.8 Å². The summed E-state index contributed by atoms with van der Waals surface area (Å²) in [6.45, 7) is 0. The van der Waals surface area contributed by atoms with Gasteiger partial charge in [-0.25, -0.2) is 0 Å². The van der Waals surface area contributed by atoms with E-state index in [0.717, 1.165) is 25.7 Å². The van der Waals surface area contributed by atoms with Gasteiger partial charge in [0.15, 0.2) is 0 Å². The molecule has 3 nitrogen and oxygen atoms in total. The van der Waals surface area contributed by atoms with Gasteiger partial charge in [-0.05, 0) is 19.3 Å². The molecule has 3 heteroatoms. The third-order valence-corrected chi connectivity index (χ3v) is 3.91. The first-order chi connectivity index (χ1) is 6.67. The summed E-state index contributed by atoms with van der Waals surface area (Å²) in [6.07, 6.45) is 5.63. The molecule has 0 saturated heterocycles. The highest BCUT2D eigenvalue weighted by Gasteiger charge is 2.53. The van der Waals surface area contributed by atoms with Crippen molar-refractivity contribution in [3.8, 4) is 0 Å². The third-order valence-electron chi connectivity index (χ3n) is 3.91. The van der Waals surface area contributed by atoms with Crippen molar-refractivity contribution in [3.05, 3.63) is 0 Å². The largest absolute Gasteiger partial charge is 0.481 e. The first-order valence-corrected chi connectivity index (χ1v) is 5.43. The van der Waals surface area contributed by atoms with Gasteiger partial charge in [0, 0.05) is 12.3 Å². The smallest absolute Gasteiger partial charge is 0.310 e. The molecule has 0 aromatic heterocycles. The van der Waals surface area contributed by atoms with Crippen LogP contribution in [0.2, 0.25) is 0 Å². The molecule has 0 heterocycles. The first kappa shape index (κ1) is 9.69. The Hall–Kier alpha value is -0.860. The minimum absolute atomic E-state index is 0.178. The van der Waals surface area contributed by atoms with Crippen LogP contribution in [-0.4, -0.2) is 16.9 Å². The molecule has 0 bridgehead atoms. The van der Waals surface area contributed by atoms with Crippen LogP contribution in [0.3, 0.4) is 0 Å². The molecule has 2 saturated carbocycles. The zero-order valence-corrected chi connectivity index (χ0v) is 8.29. The Kier molecular flexibility index (Phi) is 2.33. The predicted octanol–water partition coefficient (Wildman–Crippen LogP) is 2.00.